The van der Waals surface area contributed by atoms with Crippen LogP contribution in [0.3, 0.4) is 0 Å². The van der Waals surface area contributed by atoms with Crippen molar-refractivity contribution in [2.75, 3.05) is 13.6 Å². The minimum atomic E-state index is -0.113. The third-order valence-corrected chi connectivity index (χ3v) is 2.43. The maximum absolute atomic E-state index is 11.7. The van der Waals surface area contributed by atoms with Gasteiger partial charge in [0.2, 0.25) is 0 Å². The van der Waals surface area contributed by atoms with E-state index in [1.165, 1.54) is 0 Å². The summed E-state index contributed by atoms with van der Waals surface area (Å²) >= 11 is 5.60. The minimum absolute atomic E-state index is 0.113. The van der Waals surface area contributed by atoms with Gasteiger partial charge in [0.1, 0.15) is 0 Å². The Hall–Kier alpha value is -0.960. The molecule has 0 saturated heterocycles. The maximum Gasteiger partial charge on any atom is 0.289 e. The summed E-state index contributed by atoms with van der Waals surface area (Å²) in [6.45, 7) is 2.89. The fourth-order valence-corrected chi connectivity index (χ4v) is 1.46. The number of nitrogens with zero attached hydrogens (tertiary/aromatic N) is 1. The predicted molar refractivity (Wildman–Crippen MR) is 60.2 cm³/mol. The predicted octanol–water partition coefficient (Wildman–Crippen LogP) is 3.20. The first-order chi connectivity index (χ1) is 7.15. The molecule has 3 nitrogen and oxygen atoms in total. The SMILES string of the molecule is CCCCCN(C)C(=O)c1ccc(Cl)o1. The molecule has 0 aliphatic heterocycles. The second-order valence-electron chi connectivity index (χ2n) is 3.54. The average Bonchev–Trinajstić information content (AvgIpc) is 2.64. The topological polar surface area (TPSA) is 33.5 Å². The van der Waals surface area contributed by atoms with Crippen LogP contribution in [0.15, 0.2) is 16.5 Å². The van der Waals surface area contributed by atoms with Crippen molar-refractivity contribution < 1.29 is 9.21 Å². The molecule has 4 heteroatoms. The van der Waals surface area contributed by atoms with Crippen molar-refractivity contribution in [3.63, 3.8) is 0 Å². The van der Waals surface area contributed by atoms with Gasteiger partial charge in [-0.15, -0.1) is 0 Å². The van der Waals surface area contributed by atoms with Crippen LogP contribution >= 0.6 is 11.6 Å². The fourth-order valence-electron chi connectivity index (χ4n) is 1.32. The van der Waals surface area contributed by atoms with Gasteiger partial charge in [0, 0.05) is 13.6 Å². The molecule has 0 aliphatic rings. The summed E-state index contributed by atoms with van der Waals surface area (Å²) in [5.41, 5.74) is 0. The first kappa shape index (κ1) is 12.1. The second-order valence-corrected chi connectivity index (χ2v) is 3.91. The largest absolute Gasteiger partial charge is 0.440 e. The molecule has 0 N–H and O–H groups in total. The van der Waals surface area contributed by atoms with Crippen LogP contribution in [0.5, 0.6) is 0 Å². The Labute approximate surface area is 95.0 Å². The van der Waals surface area contributed by atoms with Crippen molar-refractivity contribution in [1.82, 2.24) is 4.90 Å². The highest BCUT2D eigenvalue weighted by atomic mass is 35.5. The van der Waals surface area contributed by atoms with E-state index in [1.807, 2.05) is 0 Å². The smallest absolute Gasteiger partial charge is 0.289 e. The van der Waals surface area contributed by atoms with Crippen LogP contribution in [-0.4, -0.2) is 24.4 Å². The van der Waals surface area contributed by atoms with E-state index in [1.54, 1.807) is 24.1 Å². The van der Waals surface area contributed by atoms with Gasteiger partial charge in [0.25, 0.3) is 5.91 Å². The van der Waals surface area contributed by atoms with Crippen molar-refractivity contribution in [3.8, 4) is 0 Å². The Bertz CT molecular complexity index is 322. The summed E-state index contributed by atoms with van der Waals surface area (Å²) < 4.78 is 5.05. The standard InChI is InChI=1S/C11H16ClNO2/c1-3-4-5-8-13(2)11(14)9-6-7-10(12)15-9/h6-7H,3-5,8H2,1-2H3. The van der Waals surface area contributed by atoms with Crippen molar-refractivity contribution in [2.24, 2.45) is 0 Å². The van der Waals surface area contributed by atoms with Gasteiger partial charge in [0.15, 0.2) is 11.0 Å². The number of carbonyl (C=O) groups excluding carboxylic acids is 1. The molecule has 0 aromatic carbocycles. The summed E-state index contributed by atoms with van der Waals surface area (Å²) in [6, 6.07) is 3.18. The normalized spacial score (nSPS) is 10.3. The van der Waals surface area contributed by atoms with Gasteiger partial charge >= 0.3 is 0 Å². The third kappa shape index (κ3) is 3.59. The number of hydrogen-bond acceptors (Lipinski definition) is 2. The quantitative estimate of drug-likeness (QED) is 0.727. The summed E-state index contributed by atoms with van der Waals surface area (Å²) in [5.74, 6) is 0.192. The monoisotopic (exact) mass is 229 g/mol. The lowest BCUT2D eigenvalue weighted by molar-refractivity contribution is 0.0761. The van der Waals surface area contributed by atoms with E-state index in [0.717, 1.165) is 25.8 Å². The second kappa shape index (κ2) is 5.81. The number of unbranched alkanes of at least 4 members (excludes halogenated alkanes) is 2. The van der Waals surface area contributed by atoms with Crippen LogP contribution in [0.4, 0.5) is 0 Å². The molecule has 0 saturated carbocycles. The lowest BCUT2D eigenvalue weighted by Crippen LogP contribution is -2.27. The van der Waals surface area contributed by atoms with Crippen LogP contribution in [0.25, 0.3) is 0 Å². The van der Waals surface area contributed by atoms with Crippen molar-refractivity contribution >= 4 is 17.5 Å². The molecule has 0 spiro atoms. The van der Waals surface area contributed by atoms with Crippen LogP contribution in [-0.2, 0) is 0 Å². The number of hydrogen-bond donors (Lipinski definition) is 0. The summed E-state index contributed by atoms with van der Waals surface area (Å²) in [6.07, 6.45) is 3.30. The lowest BCUT2D eigenvalue weighted by atomic mass is 10.2. The molecule has 0 aliphatic carbocycles. The zero-order chi connectivity index (χ0) is 11.3. The molecular formula is C11H16ClNO2. The maximum atomic E-state index is 11.7. The lowest BCUT2D eigenvalue weighted by Gasteiger charge is -2.14. The zero-order valence-electron chi connectivity index (χ0n) is 9.12. The van der Waals surface area contributed by atoms with Gasteiger partial charge in [-0.1, -0.05) is 19.8 Å². The molecule has 0 radical (unpaired) electrons. The summed E-state index contributed by atoms with van der Waals surface area (Å²) in [7, 11) is 1.77. The van der Waals surface area contributed by atoms with Gasteiger partial charge in [-0.2, -0.15) is 0 Å². The molecule has 84 valence electrons. The molecule has 1 rings (SSSR count). The molecule has 1 aromatic rings. The van der Waals surface area contributed by atoms with E-state index in [9.17, 15) is 4.79 Å². The Morgan fingerprint density at radius 2 is 2.20 bits per heavy atom. The van der Waals surface area contributed by atoms with E-state index in [0.29, 0.717) is 5.76 Å². The molecule has 0 unspecified atom stereocenters. The molecule has 1 amide bonds. The Morgan fingerprint density at radius 1 is 1.47 bits per heavy atom. The summed E-state index contributed by atoms with van der Waals surface area (Å²) in [4.78, 5) is 13.4. The van der Waals surface area contributed by atoms with Crippen LogP contribution < -0.4 is 0 Å². The van der Waals surface area contributed by atoms with Gasteiger partial charge < -0.3 is 9.32 Å². The van der Waals surface area contributed by atoms with E-state index in [4.69, 9.17) is 16.0 Å². The number of furan rings is 1. The van der Waals surface area contributed by atoms with Gasteiger partial charge in [-0.3, -0.25) is 4.79 Å². The average molecular weight is 230 g/mol. The van der Waals surface area contributed by atoms with Crippen LogP contribution in [0.2, 0.25) is 5.22 Å². The fraction of sp³-hybridized carbons (Fsp3) is 0.545. The van der Waals surface area contributed by atoms with E-state index in [2.05, 4.69) is 6.92 Å². The highest BCUT2D eigenvalue weighted by Gasteiger charge is 2.14. The molecule has 1 heterocycles. The first-order valence-electron chi connectivity index (χ1n) is 5.16. The molecule has 15 heavy (non-hydrogen) atoms. The zero-order valence-corrected chi connectivity index (χ0v) is 9.88. The van der Waals surface area contributed by atoms with Crippen molar-refractivity contribution in [1.29, 1.82) is 0 Å². The highest BCUT2D eigenvalue weighted by molar-refractivity contribution is 6.29. The molecule has 0 fully saturated rings. The van der Waals surface area contributed by atoms with Gasteiger partial charge in [-0.05, 0) is 30.2 Å². The summed E-state index contributed by atoms with van der Waals surface area (Å²) in [5, 5.41) is 0.250. The van der Waals surface area contributed by atoms with Crippen LogP contribution in [0.1, 0.15) is 36.7 Å². The van der Waals surface area contributed by atoms with Gasteiger partial charge in [-0.25, -0.2) is 0 Å². The molecule has 0 atom stereocenters. The minimum Gasteiger partial charge on any atom is -0.440 e. The first-order valence-corrected chi connectivity index (χ1v) is 5.53. The number of amides is 1. The molecule has 0 bridgehead atoms. The molecular weight excluding hydrogens is 214 g/mol. The number of halogens is 1. The van der Waals surface area contributed by atoms with E-state index >= 15 is 0 Å². The Morgan fingerprint density at radius 3 is 2.73 bits per heavy atom. The van der Waals surface area contributed by atoms with Crippen molar-refractivity contribution in [2.45, 2.75) is 26.2 Å². The van der Waals surface area contributed by atoms with E-state index < -0.39 is 0 Å². The number of rotatable bonds is 5. The van der Waals surface area contributed by atoms with E-state index in [-0.39, 0.29) is 11.1 Å². The van der Waals surface area contributed by atoms with Crippen LogP contribution in [0, 0.1) is 0 Å². The van der Waals surface area contributed by atoms with Gasteiger partial charge in [0.05, 0.1) is 0 Å². The Balaban J connectivity index is 2.46. The number of carbonyl (C=O) groups is 1. The third-order valence-electron chi connectivity index (χ3n) is 2.23. The highest BCUT2D eigenvalue weighted by Crippen LogP contribution is 2.14. The molecule has 1 aromatic heterocycles. The Kier molecular flexibility index (Phi) is 4.69. The van der Waals surface area contributed by atoms with Crippen molar-refractivity contribution in [3.05, 3.63) is 23.1 Å².